The van der Waals surface area contributed by atoms with Gasteiger partial charge in [0.2, 0.25) is 0 Å². The van der Waals surface area contributed by atoms with Crippen LogP contribution in [0.3, 0.4) is 0 Å². The fraction of sp³-hybridized carbons (Fsp3) is 1.00. The van der Waals surface area contributed by atoms with Crippen molar-refractivity contribution < 1.29 is 25.2 Å². The minimum absolute atomic E-state index is 0.00287. The summed E-state index contributed by atoms with van der Waals surface area (Å²) < 4.78 is 4.99. The molecule has 4 atom stereocenters. The molecule has 1 saturated heterocycles. The van der Waals surface area contributed by atoms with E-state index in [0.717, 1.165) is 0 Å². The molecule has 5 nitrogen and oxygen atoms in total. The predicted octanol–water partition coefficient (Wildman–Crippen LogP) is -2.15. The maximum absolute atomic E-state index is 9.29. The minimum Gasteiger partial charge on any atom is -0.396 e. The zero-order valence-corrected chi connectivity index (χ0v) is 6.63. The van der Waals surface area contributed by atoms with Crippen LogP contribution in [-0.2, 0) is 4.74 Å². The molecule has 0 aromatic heterocycles. The minimum atomic E-state index is -1.17. The summed E-state index contributed by atoms with van der Waals surface area (Å²) in [6.45, 7) is -0.104. The molecule has 5 heteroatoms. The van der Waals surface area contributed by atoms with Crippen molar-refractivity contribution in [1.82, 2.24) is 0 Å². The van der Waals surface area contributed by atoms with Gasteiger partial charge in [-0.2, -0.15) is 0 Å². The molecule has 12 heavy (non-hydrogen) atoms. The van der Waals surface area contributed by atoms with Crippen LogP contribution in [0.1, 0.15) is 6.42 Å². The first-order valence-corrected chi connectivity index (χ1v) is 3.93. The Morgan fingerprint density at radius 3 is 2.42 bits per heavy atom. The summed E-state index contributed by atoms with van der Waals surface area (Å²) in [4.78, 5) is 0. The second kappa shape index (κ2) is 4.15. The Balaban J connectivity index is 2.46. The molecule has 1 heterocycles. The maximum Gasteiger partial charge on any atom is 0.111 e. The second-order valence-corrected chi connectivity index (χ2v) is 2.93. The van der Waals surface area contributed by atoms with E-state index >= 15 is 0 Å². The highest BCUT2D eigenvalue weighted by Crippen LogP contribution is 2.17. The highest BCUT2D eigenvalue weighted by Gasteiger charge is 2.36. The molecule has 1 aliphatic rings. The monoisotopic (exact) mass is 178 g/mol. The van der Waals surface area contributed by atoms with E-state index in [2.05, 4.69) is 0 Å². The van der Waals surface area contributed by atoms with Gasteiger partial charge in [-0.25, -0.2) is 0 Å². The summed E-state index contributed by atoms with van der Waals surface area (Å²) in [5, 5.41) is 36.1. The lowest BCUT2D eigenvalue weighted by atomic mass is 9.98. The lowest BCUT2D eigenvalue weighted by Gasteiger charge is -2.34. The Hall–Kier alpha value is -0.200. The smallest absolute Gasteiger partial charge is 0.111 e. The van der Waals surface area contributed by atoms with Crippen LogP contribution in [-0.4, -0.2) is 58.1 Å². The van der Waals surface area contributed by atoms with Gasteiger partial charge >= 0.3 is 0 Å². The third-order valence-electron chi connectivity index (χ3n) is 2.02. The highest BCUT2D eigenvalue weighted by atomic mass is 16.5. The molecule has 0 aliphatic carbocycles. The molecule has 4 N–H and O–H groups in total. The molecule has 0 aromatic carbocycles. The van der Waals surface area contributed by atoms with Crippen molar-refractivity contribution in [3.8, 4) is 0 Å². The largest absolute Gasteiger partial charge is 0.396 e. The van der Waals surface area contributed by atoms with Crippen molar-refractivity contribution in [2.45, 2.75) is 30.8 Å². The normalized spacial score (nSPS) is 43.0. The van der Waals surface area contributed by atoms with E-state index in [0.29, 0.717) is 0 Å². The quantitative estimate of drug-likeness (QED) is 0.387. The van der Waals surface area contributed by atoms with Crippen LogP contribution in [0.4, 0.5) is 0 Å². The summed E-state index contributed by atoms with van der Waals surface area (Å²) in [6.07, 6.45) is -3.62. The van der Waals surface area contributed by atoms with Crippen molar-refractivity contribution in [3.05, 3.63) is 0 Å². The number of ether oxygens (including phenoxy) is 1. The van der Waals surface area contributed by atoms with E-state index in [9.17, 15) is 10.2 Å². The molecule has 0 amide bonds. The SMILES string of the molecule is OCCC1OCC(O)C(O)C1O. The van der Waals surface area contributed by atoms with E-state index in [1.165, 1.54) is 0 Å². The van der Waals surface area contributed by atoms with Gasteiger partial charge in [-0.1, -0.05) is 0 Å². The number of hydrogen-bond acceptors (Lipinski definition) is 5. The number of rotatable bonds is 2. The number of hydrogen-bond donors (Lipinski definition) is 4. The Morgan fingerprint density at radius 1 is 1.17 bits per heavy atom. The van der Waals surface area contributed by atoms with Crippen LogP contribution in [0.25, 0.3) is 0 Å². The Morgan fingerprint density at radius 2 is 1.83 bits per heavy atom. The predicted molar refractivity (Wildman–Crippen MR) is 39.5 cm³/mol. The van der Waals surface area contributed by atoms with Gasteiger partial charge in [0.15, 0.2) is 0 Å². The number of aliphatic hydroxyl groups excluding tert-OH is 4. The van der Waals surface area contributed by atoms with E-state index in [1.54, 1.807) is 0 Å². The van der Waals surface area contributed by atoms with Crippen molar-refractivity contribution in [2.75, 3.05) is 13.2 Å². The average molecular weight is 178 g/mol. The highest BCUT2D eigenvalue weighted by molar-refractivity contribution is 4.86. The molecule has 0 bridgehead atoms. The summed E-state index contributed by atoms with van der Waals surface area (Å²) in [7, 11) is 0. The first kappa shape index (κ1) is 9.88. The van der Waals surface area contributed by atoms with Crippen molar-refractivity contribution in [2.24, 2.45) is 0 Å². The van der Waals surface area contributed by atoms with Crippen LogP contribution in [0, 0.1) is 0 Å². The lowest BCUT2D eigenvalue weighted by molar-refractivity contribution is -0.189. The summed E-state index contributed by atoms with van der Waals surface area (Å²) >= 11 is 0. The van der Waals surface area contributed by atoms with Gasteiger partial charge in [0.05, 0.1) is 12.7 Å². The van der Waals surface area contributed by atoms with Crippen LogP contribution in [0.5, 0.6) is 0 Å². The van der Waals surface area contributed by atoms with Crippen LogP contribution < -0.4 is 0 Å². The molecular weight excluding hydrogens is 164 g/mol. The first-order chi connectivity index (χ1) is 5.66. The molecule has 0 aromatic rings. The van der Waals surface area contributed by atoms with Gasteiger partial charge in [-0.3, -0.25) is 0 Å². The average Bonchev–Trinajstić information content (AvgIpc) is 2.07. The van der Waals surface area contributed by atoms with Crippen molar-refractivity contribution >= 4 is 0 Å². The molecule has 0 radical (unpaired) electrons. The molecule has 1 fully saturated rings. The Kier molecular flexibility index (Phi) is 3.42. The zero-order valence-electron chi connectivity index (χ0n) is 6.63. The molecule has 0 saturated carbocycles. The number of aliphatic hydroxyl groups is 4. The zero-order chi connectivity index (χ0) is 9.14. The van der Waals surface area contributed by atoms with Crippen LogP contribution in [0.15, 0.2) is 0 Å². The maximum atomic E-state index is 9.29. The van der Waals surface area contributed by atoms with Crippen molar-refractivity contribution in [3.63, 3.8) is 0 Å². The summed E-state index contributed by atoms with van der Waals surface area (Å²) in [5.41, 5.74) is 0. The Labute approximate surface area is 70.2 Å². The molecule has 1 aliphatic heterocycles. The van der Waals surface area contributed by atoms with Gasteiger partial charge in [0.1, 0.15) is 18.3 Å². The van der Waals surface area contributed by atoms with Crippen LogP contribution in [0.2, 0.25) is 0 Å². The molecule has 4 unspecified atom stereocenters. The van der Waals surface area contributed by atoms with Gasteiger partial charge in [-0.05, 0) is 6.42 Å². The van der Waals surface area contributed by atoms with E-state index < -0.39 is 24.4 Å². The third-order valence-corrected chi connectivity index (χ3v) is 2.02. The summed E-state index contributed by atoms with van der Waals surface area (Å²) in [5.74, 6) is 0. The lowest BCUT2D eigenvalue weighted by Crippen LogP contribution is -2.53. The fourth-order valence-electron chi connectivity index (χ4n) is 1.25. The molecular formula is C7H14O5. The topological polar surface area (TPSA) is 90.2 Å². The van der Waals surface area contributed by atoms with E-state index in [4.69, 9.17) is 14.9 Å². The standard InChI is InChI=1S/C7H14O5/c8-2-1-5-7(11)6(10)4(9)3-12-5/h4-11H,1-3H2. The second-order valence-electron chi connectivity index (χ2n) is 2.93. The summed E-state index contributed by atoms with van der Waals surface area (Å²) in [6, 6.07) is 0. The van der Waals surface area contributed by atoms with Crippen molar-refractivity contribution in [1.29, 1.82) is 0 Å². The van der Waals surface area contributed by atoms with Gasteiger partial charge in [0.25, 0.3) is 0 Å². The van der Waals surface area contributed by atoms with E-state index in [-0.39, 0.29) is 19.6 Å². The third kappa shape index (κ3) is 1.94. The van der Waals surface area contributed by atoms with Gasteiger partial charge in [0, 0.05) is 6.61 Å². The van der Waals surface area contributed by atoms with E-state index in [1.807, 2.05) is 0 Å². The van der Waals surface area contributed by atoms with Crippen LogP contribution >= 0.6 is 0 Å². The van der Waals surface area contributed by atoms with Gasteiger partial charge < -0.3 is 25.2 Å². The molecule has 1 rings (SSSR count). The molecule has 0 spiro atoms. The first-order valence-electron chi connectivity index (χ1n) is 3.93. The van der Waals surface area contributed by atoms with Gasteiger partial charge in [-0.15, -0.1) is 0 Å². The fourth-order valence-corrected chi connectivity index (χ4v) is 1.25. The Bertz CT molecular complexity index is 140. The molecule has 72 valence electrons.